The molecule has 0 bridgehead atoms. The van der Waals surface area contributed by atoms with Crippen molar-refractivity contribution in [2.24, 2.45) is 34.0 Å². The monoisotopic (exact) mass is 611 g/mol. The smallest absolute Gasteiger partial charge is 0.333 e. The van der Waals surface area contributed by atoms with Crippen LogP contribution in [0.15, 0.2) is 34.4 Å². The third-order valence-corrected chi connectivity index (χ3v) is 12.3. The van der Waals surface area contributed by atoms with Gasteiger partial charge in [-0.3, -0.25) is 14.4 Å². The van der Waals surface area contributed by atoms with Crippen molar-refractivity contribution in [2.45, 2.75) is 98.2 Å². The largest absolute Gasteiger partial charge is 0.469 e. The van der Waals surface area contributed by atoms with Crippen LogP contribution in [0.3, 0.4) is 0 Å². The van der Waals surface area contributed by atoms with Crippen molar-refractivity contribution in [1.82, 2.24) is 5.32 Å². The van der Waals surface area contributed by atoms with E-state index in [-0.39, 0.29) is 60.8 Å². The Morgan fingerprint density at radius 2 is 1.84 bits per heavy atom. The fraction of sp³-hybridized carbons (Fsp3) is 0.706. The standard InChI is InChI=1S/C34H45NO9/c1-9-16(2)31(39)44-24-13-23(42-18(4)36)32(5)15-41-28-29(32)33(24,6)22(12-26(38)40-8)34(7)27-17(3)20(11-21(27)43-30(28)34)19-10-25(37)35-14-19/h9-10,20-24,28-30H,11-15H2,1-8H3,(H,35,37). The Labute approximate surface area is 258 Å². The van der Waals surface area contributed by atoms with E-state index in [2.05, 4.69) is 33.0 Å². The summed E-state index contributed by atoms with van der Waals surface area (Å²) in [5.41, 5.74) is 1.79. The zero-order valence-corrected chi connectivity index (χ0v) is 27.0. The number of hydrogen-bond acceptors (Lipinski definition) is 9. The highest BCUT2D eigenvalue weighted by molar-refractivity contribution is 5.91. The topological polar surface area (TPSA) is 126 Å². The van der Waals surface area contributed by atoms with Gasteiger partial charge < -0.3 is 29.0 Å². The van der Waals surface area contributed by atoms with Gasteiger partial charge in [0, 0.05) is 66.0 Å². The lowest BCUT2D eigenvalue weighted by molar-refractivity contribution is -0.251. The summed E-state index contributed by atoms with van der Waals surface area (Å²) in [5, 5.41) is 2.90. The molecule has 2 saturated heterocycles. The average molecular weight is 612 g/mol. The lowest BCUT2D eigenvalue weighted by Gasteiger charge is -2.65. The second-order valence-electron chi connectivity index (χ2n) is 14.3. The van der Waals surface area contributed by atoms with Gasteiger partial charge in [0.25, 0.3) is 0 Å². The van der Waals surface area contributed by atoms with Gasteiger partial charge in [-0.25, -0.2) is 4.79 Å². The summed E-state index contributed by atoms with van der Waals surface area (Å²) in [6.07, 6.45) is 2.29. The molecule has 0 radical (unpaired) electrons. The summed E-state index contributed by atoms with van der Waals surface area (Å²) in [7, 11) is 1.39. The highest BCUT2D eigenvalue weighted by Crippen LogP contribution is 2.73. The molecule has 240 valence electrons. The summed E-state index contributed by atoms with van der Waals surface area (Å²) in [4.78, 5) is 51.2. The summed E-state index contributed by atoms with van der Waals surface area (Å²) in [6.45, 7) is 14.3. The normalized spacial score (nSPS) is 44.0. The Bertz CT molecular complexity index is 1400. The Morgan fingerprint density at radius 1 is 1.11 bits per heavy atom. The molecular weight excluding hydrogens is 566 g/mol. The van der Waals surface area contributed by atoms with Crippen molar-refractivity contribution in [3.8, 4) is 0 Å². The molecule has 10 heteroatoms. The number of esters is 3. The molecule has 0 spiro atoms. The van der Waals surface area contributed by atoms with Gasteiger partial charge in [-0.15, -0.1) is 0 Å². The van der Waals surface area contributed by atoms with E-state index in [1.54, 1.807) is 26.0 Å². The van der Waals surface area contributed by atoms with Gasteiger partial charge in [-0.1, -0.05) is 32.4 Å². The maximum absolute atomic E-state index is 13.4. The average Bonchev–Trinajstić information content (AvgIpc) is 3.72. The van der Waals surface area contributed by atoms with Crippen LogP contribution >= 0.6 is 0 Å². The predicted molar refractivity (Wildman–Crippen MR) is 158 cm³/mol. The second-order valence-corrected chi connectivity index (χ2v) is 14.3. The van der Waals surface area contributed by atoms with Gasteiger partial charge in [0.2, 0.25) is 5.91 Å². The quantitative estimate of drug-likeness (QED) is 0.208. The SMILES string of the molecule is CC=C(C)C(=O)OC1CC(OC(C)=O)C2(C)COC3C4OC5CC(C6=CC(=O)NC6)C(C)=C5C4(C)C(CC(=O)OC)C1(C)C32. The zero-order valence-electron chi connectivity index (χ0n) is 27.0. The molecule has 44 heavy (non-hydrogen) atoms. The number of methoxy groups -OCH3 is 1. The third kappa shape index (κ3) is 4.19. The van der Waals surface area contributed by atoms with E-state index in [1.807, 2.05) is 0 Å². The number of hydrogen-bond donors (Lipinski definition) is 1. The molecule has 0 aromatic carbocycles. The molecule has 1 N–H and O–H groups in total. The van der Waals surface area contributed by atoms with Crippen molar-refractivity contribution in [3.63, 3.8) is 0 Å². The van der Waals surface area contributed by atoms with Gasteiger partial charge in [0.05, 0.1) is 32.0 Å². The predicted octanol–water partition coefficient (Wildman–Crippen LogP) is 3.59. The molecule has 10 nitrogen and oxygen atoms in total. The van der Waals surface area contributed by atoms with E-state index >= 15 is 0 Å². The molecule has 3 heterocycles. The van der Waals surface area contributed by atoms with Gasteiger partial charge in [0.1, 0.15) is 12.2 Å². The van der Waals surface area contributed by atoms with Crippen LogP contribution in [-0.2, 0) is 42.9 Å². The number of fused-ring (bicyclic) bond motifs is 4. The third-order valence-electron chi connectivity index (χ3n) is 12.3. The minimum Gasteiger partial charge on any atom is -0.469 e. The molecular formula is C34H45NO9. The Hall–Kier alpha value is -2.98. The van der Waals surface area contributed by atoms with Gasteiger partial charge in [-0.2, -0.15) is 0 Å². The van der Waals surface area contributed by atoms with Crippen LogP contribution in [0, 0.1) is 34.0 Å². The molecule has 11 atom stereocenters. The Balaban J connectivity index is 1.54. The lowest BCUT2D eigenvalue weighted by Crippen LogP contribution is -2.71. The molecule has 6 aliphatic rings. The van der Waals surface area contributed by atoms with E-state index in [4.69, 9.17) is 23.7 Å². The highest BCUT2D eigenvalue weighted by Gasteiger charge is 2.78. The number of ether oxygens (including phenoxy) is 5. The number of carbonyl (C=O) groups is 4. The van der Waals surface area contributed by atoms with E-state index in [0.29, 0.717) is 25.1 Å². The summed E-state index contributed by atoms with van der Waals surface area (Å²) in [5.74, 6) is -1.83. The highest BCUT2D eigenvalue weighted by atomic mass is 16.6. The van der Waals surface area contributed by atoms with E-state index in [1.165, 1.54) is 14.0 Å². The van der Waals surface area contributed by atoms with Gasteiger partial charge in [-0.05, 0) is 44.3 Å². The number of carbonyl (C=O) groups excluding carboxylic acids is 4. The first-order valence-corrected chi connectivity index (χ1v) is 15.8. The molecule has 2 saturated carbocycles. The number of rotatable bonds is 6. The van der Waals surface area contributed by atoms with Crippen LogP contribution < -0.4 is 5.32 Å². The van der Waals surface area contributed by atoms with Crippen molar-refractivity contribution < 1.29 is 42.9 Å². The van der Waals surface area contributed by atoms with Crippen LogP contribution in [-0.4, -0.2) is 74.6 Å². The summed E-state index contributed by atoms with van der Waals surface area (Å²) in [6, 6.07) is 0. The minimum atomic E-state index is -0.774. The van der Waals surface area contributed by atoms with Crippen LogP contribution in [0.4, 0.5) is 0 Å². The zero-order chi connectivity index (χ0) is 31.9. The summed E-state index contributed by atoms with van der Waals surface area (Å²) >= 11 is 0. The van der Waals surface area contributed by atoms with Crippen LogP contribution in [0.5, 0.6) is 0 Å². The number of allylic oxidation sites excluding steroid dienone is 2. The molecule has 11 unspecified atom stereocenters. The maximum Gasteiger partial charge on any atom is 0.333 e. The molecule has 3 aliphatic carbocycles. The number of amides is 1. The minimum absolute atomic E-state index is 0.0523. The van der Waals surface area contributed by atoms with Crippen molar-refractivity contribution in [2.75, 3.05) is 20.3 Å². The van der Waals surface area contributed by atoms with Crippen LogP contribution in [0.1, 0.15) is 67.7 Å². The maximum atomic E-state index is 13.4. The van der Waals surface area contributed by atoms with Crippen molar-refractivity contribution >= 4 is 23.8 Å². The van der Waals surface area contributed by atoms with Crippen molar-refractivity contribution in [3.05, 3.63) is 34.4 Å². The van der Waals surface area contributed by atoms with E-state index in [9.17, 15) is 19.2 Å². The van der Waals surface area contributed by atoms with Crippen molar-refractivity contribution in [1.29, 1.82) is 0 Å². The van der Waals surface area contributed by atoms with Gasteiger partial charge in [0.15, 0.2) is 0 Å². The molecule has 4 fully saturated rings. The Kier molecular flexibility index (Phi) is 7.43. The second kappa shape index (κ2) is 10.5. The first-order valence-electron chi connectivity index (χ1n) is 15.8. The molecule has 0 aromatic heterocycles. The Morgan fingerprint density at radius 3 is 2.45 bits per heavy atom. The van der Waals surface area contributed by atoms with E-state index < -0.39 is 40.4 Å². The molecule has 6 rings (SSSR count). The number of nitrogens with one attached hydrogen (secondary N) is 1. The van der Waals surface area contributed by atoms with Gasteiger partial charge >= 0.3 is 17.9 Å². The van der Waals surface area contributed by atoms with Crippen LogP contribution in [0.25, 0.3) is 0 Å². The van der Waals surface area contributed by atoms with E-state index in [0.717, 1.165) is 16.7 Å². The molecule has 1 amide bonds. The molecule has 0 aromatic rings. The lowest BCUT2D eigenvalue weighted by atomic mass is 9.40. The van der Waals surface area contributed by atoms with Crippen LogP contribution in [0.2, 0.25) is 0 Å². The fourth-order valence-corrected chi connectivity index (χ4v) is 10.3. The summed E-state index contributed by atoms with van der Waals surface area (Å²) < 4.78 is 31.3. The first kappa shape index (κ1) is 31.0. The fourth-order valence-electron chi connectivity index (χ4n) is 10.3. The first-order chi connectivity index (χ1) is 20.7. The molecule has 3 aliphatic heterocycles.